The molecular weight excluding hydrogens is 205 g/mol. The third-order valence-electron chi connectivity index (χ3n) is 2.28. The van der Waals surface area contributed by atoms with Crippen LogP contribution in [0, 0.1) is 12.9 Å². The Morgan fingerprint density at radius 2 is 1.88 bits per heavy atom. The van der Waals surface area contributed by atoms with Crippen LogP contribution in [0.1, 0.15) is 5.69 Å². The molecule has 2 aromatic rings. The molecule has 1 aromatic heterocycles. The van der Waals surface area contributed by atoms with Crippen LogP contribution in [-0.2, 0) is 0 Å². The molecule has 0 saturated carbocycles. The SMILES string of the molecule is Cc1nc(F)ccc1Nc1ccccc1N. The average Bonchev–Trinajstić information content (AvgIpc) is 2.25. The smallest absolute Gasteiger partial charge is 0.213 e. The number of para-hydroxylation sites is 2. The summed E-state index contributed by atoms with van der Waals surface area (Å²) in [6.45, 7) is 1.74. The van der Waals surface area contributed by atoms with Gasteiger partial charge >= 0.3 is 0 Å². The fourth-order valence-corrected chi connectivity index (χ4v) is 1.42. The quantitative estimate of drug-likeness (QED) is 0.600. The molecule has 0 spiro atoms. The molecule has 4 heteroatoms. The normalized spacial score (nSPS) is 10.1. The van der Waals surface area contributed by atoms with E-state index in [0.717, 1.165) is 11.4 Å². The zero-order chi connectivity index (χ0) is 11.5. The maximum atomic E-state index is 12.8. The Bertz CT molecular complexity index is 511. The molecule has 82 valence electrons. The van der Waals surface area contributed by atoms with Crippen molar-refractivity contribution in [3.05, 3.63) is 48.0 Å². The lowest BCUT2D eigenvalue weighted by Gasteiger charge is -2.10. The molecule has 0 unspecified atom stereocenters. The minimum atomic E-state index is -0.482. The highest BCUT2D eigenvalue weighted by Gasteiger charge is 2.03. The molecule has 0 aliphatic rings. The van der Waals surface area contributed by atoms with Crippen molar-refractivity contribution < 1.29 is 4.39 Å². The minimum Gasteiger partial charge on any atom is -0.397 e. The predicted molar refractivity (Wildman–Crippen MR) is 63.1 cm³/mol. The minimum absolute atomic E-state index is 0.482. The van der Waals surface area contributed by atoms with Crippen LogP contribution in [0.15, 0.2) is 36.4 Å². The number of rotatable bonds is 2. The van der Waals surface area contributed by atoms with Gasteiger partial charge in [0, 0.05) is 0 Å². The third kappa shape index (κ3) is 2.11. The maximum Gasteiger partial charge on any atom is 0.213 e. The Morgan fingerprint density at radius 1 is 1.12 bits per heavy atom. The molecule has 3 nitrogen and oxygen atoms in total. The monoisotopic (exact) mass is 217 g/mol. The summed E-state index contributed by atoms with van der Waals surface area (Å²) in [5, 5.41) is 3.11. The van der Waals surface area contributed by atoms with Crippen molar-refractivity contribution in [2.24, 2.45) is 0 Å². The molecule has 0 bridgehead atoms. The summed E-state index contributed by atoms with van der Waals surface area (Å²) in [5.74, 6) is -0.482. The van der Waals surface area contributed by atoms with E-state index in [9.17, 15) is 4.39 Å². The summed E-state index contributed by atoms with van der Waals surface area (Å²) < 4.78 is 12.8. The number of anilines is 3. The van der Waals surface area contributed by atoms with Crippen molar-refractivity contribution in [2.45, 2.75) is 6.92 Å². The molecule has 1 heterocycles. The number of aromatic nitrogens is 1. The van der Waals surface area contributed by atoms with Crippen LogP contribution < -0.4 is 11.1 Å². The summed E-state index contributed by atoms with van der Waals surface area (Å²) in [4.78, 5) is 3.73. The molecular formula is C12H12FN3. The summed E-state index contributed by atoms with van der Waals surface area (Å²) in [6.07, 6.45) is 0. The number of aryl methyl sites for hydroxylation is 1. The molecule has 0 amide bonds. The Kier molecular flexibility index (Phi) is 2.72. The molecule has 0 fully saturated rings. The molecule has 0 aliphatic carbocycles. The summed E-state index contributed by atoms with van der Waals surface area (Å²) in [7, 11) is 0. The van der Waals surface area contributed by atoms with E-state index in [2.05, 4.69) is 10.3 Å². The molecule has 0 aliphatic heterocycles. The van der Waals surface area contributed by atoms with Crippen molar-refractivity contribution in [2.75, 3.05) is 11.1 Å². The molecule has 0 radical (unpaired) electrons. The van der Waals surface area contributed by atoms with Crippen LogP contribution in [0.5, 0.6) is 0 Å². The van der Waals surface area contributed by atoms with Gasteiger partial charge < -0.3 is 11.1 Å². The lowest BCUT2D eigenvalue weighted by Crippen LogP contribution is -1.99. The Hall–Kier alpha value is -2.10. The van der Waals surface area contributed by atoms with Crippen LogP contribution in [0.25, 0.3) is 0 Å². The maximum absolute atomic E-state index is 12.8. The summed E-state index contributed by atoms with van der Waals surface area (Å²) >= 11 is 0. The van der Waals surface area contributed by atoms with Crippen molar-refractivity contribution >= 4 is 17.1 Å². The second-order valence-electron chi connectivity index (χ2n) is 3.48. The average molecular weight is 217 g/mol. The zero-order valence-corrected chi connectivity index (χ0v) is 8.87. The predicted octanol–water partition coefficient (Wildman–Crippen LogP) is 2.85. The van der Waals surface area contributed by atoms with Gasteiger partial charge in [-0.3, -0.25) is 0 Å². The molecule has 16 heavy (non-hydrogen) atoms. The first kappa shape index (κ1) is 10.4. The zero-order valence-electron chi connectivity index (χ0n) is 8.87. The van der Waals surface area contributed by atoms with Gasteiger partial charge in [0.15, 0.2) is 0 Å². The molecule has 3 N–H and O–H groups in total. The number of benzene rings is 1. The van der Waals surface area contributed by atoms with Gasteiger partial charge in [0.1, 0.15) is 0 Å². The van der Waals surface area contributed by atoms with E-state index in [4.69, 9.17) is 5.73 Å². The Labute approximate surface area is 93.1 Å². The van der Waals surface area contributed by atoms with Crippen molar-refractivity contribution in [1.82, 2.24) is 4.98 Å². The molecule has 2 rings (SSSR count). The first-order valence-electron chi connectivity index (χ1n) is 4.91. The fourth-order valence-electron chi connectivity index (χ4n) is 1.42. The van der Waals surface area contributed by atoms with Gasteiger partial charge in [-0.1, -0.05) is 12.1 Å². The first-order valence-corrected chi connectivity index (χ1v) is 4.91. The van der Waals surface area contributed by atoms with Gasteiger partial charge in [-0.15, -0.1) is 0 Å². The number of nitrogen functional groups attached to an aromatic ring is 1. The van der Waals surface area contributed by atoms with Crippen LogP contribution >= 0.6 is 0 Å². The molecule has 1 aromatic carbocycles. The number of nitrogens with two attached hydrogens (primary N) is 1. The van der Waals surface area contributed by atoms with E-state index in [1.54, 1.807) is 19.1 Å². The number of pyridine rings is 1. The fraction of sp³-hybridized carbons (Fsp3) is 0.0833. The van der Waals surface area contributed by atoms with Crippen molar-refractivity contribution in [3.63, 3.8) is 0 Å². The Morgan fingerprint density at radius 3 is 2.56 bits per heavy atom. The number of nitrogens with one attached hydrogen (secondary N) is 1. The lowest BCUT2D eigenvalue weighted by atomic mass is 10.2. The standard InChI is InChI=1S/C12H12FN3/c1-8-10(6-7-12(13)15-8)16-11-5-3-2-4-9(11)14/h2-7,16H,14H2,1H3. The van der Waals surface area contributed by atoms with E-state index in [1.165, 1.54) is 6.07 Å². The molecule has 0 atom stereocenters. The van der Waals surface area contributed by atoms with Crippen LogP contribution in [0.2, 0.25) is 0 Å². The number of nitrogens with zero attached hydrogens (tertiary/aromatic N) is 1. The highest BCUT2D eigenvalue weighted by Crippen LogP contribution is 2.23. The van der Waals surface area contributed by atoms with Crippen LogP contribution in [0.4, 0.5) is 21.5 Å². The van der Waals surface area contributed by atoms with E-state index < -0.39 is 5.95 Å². The van der Waals surface area contributed by atoms with Gasteiger partial charge in [0.2, 0.25) is 5.95 Å². The van der Waals surface area contributed by atoms with Gasteiger partial charge in [0.25, 0.3) is 0 Å². The topological polar surface area (TPSA) is 50.9 Å². The van der Waals surface area contributed by atoms with Crippen LogP contribution in [-0.4, -0.2) is 4.98 Å². The number of hydrogen-bond acceptors (Lipinski definition) is 3. The summed E-state index contributed by atoms with van der Waals surface area (Å²) in [6, 6.07) is 10.4. The second-order valence-corrected chi connectivity index (χ2v) is 3.48. The van der Waals surface area contributed by atoms with Crippen LogP contribution in [0.3, 0.4) is 0 Å². The second kappa shape index (κ2) is 4.18. The number of halogens is 1. The van der Waals surface area contributed by atoms with Crippen molar-refractivity contribution in [1.29, 1.82) is 0 Å². The lowest BCUT2D eigenvalue weighted by molar-refractivity contribution is 0.580. The first-order chi connectivity index (χ1) is 7.66. The van der Waals surface area contributed by atoms with Gasteiger partial charge in [-0.25, -0.2) is 4.98 Å². The number of hydrogen-bond donors (Lipinski definition) is 2. The van der Waals surface area contributed by atoms with Gasteiger partial charge in [0.05, 0.1) is 22.8 Å². The third-order valence-corrected chi connectivity index (χ3v) is 2.28. The highest BCUT2D eigenvalue weighted by molar-refractivity contribution is 5.72. The van der Waals surface area contributed by atoms with Crippen molar-refractivity contribution in [3.8, 4) is 0 Å². The van der Waals surface area contributed by atoms with E-state index in [0.29, 0.717) is 11.4 Å². The largest absolute Gasteiger partial charge is 0.397 e. The van der Waals surface area contributed by atoms with Gasteiger partial charge in [-0.05, 0) is 31.2 Å². The van der Waals surface area contributed by atoms with E-state index in [1.807, 2.05) is 18.2 Å². The van der Waals surface area contributed by atoms with E-state index in [-0.39, 0.29) is 0 Å². The van der Waals surface area contributed by atoms with E-state index >= 15 is 0 Å². The molecule has 0 saturated heterocycles. The van der Waals surface area contributed by atoms with Gasteiger partial charge in [-0.2, -0.15) is 4.39 Å². The summed E-state index contributed by atoms with van der Waals surface area (Å²) in [5.41, 5.74) is 8.58. The Balaban J connectivity index is 2.31. The highest BCUT2D eigenvalue weighted by atomic mass is 19.1.